The molecule has 1 aromatic rings. The number of ether oxygens (including phenoxy) is 1. The van der Waals surface area contributed by atoms with Crippen LogP contribution in [0, 0.1) is 0 Å². The number of likely N-dealkylation sites (tertiary alicyclic amines) is 1. The number of likely N-dealkylation sites (N-methyl/N-ethyl adjacent to an activating group) is 1. The zero-order valence-electron chi connectivity index (χ0n) is 11.9. The highest BCUT2D eigenvalue weighted by Crippen LogP contribution is 2.21. The first-order valence-corrected chi connectivity index (χ1v) is 6.84. The summed E-state index contributed by atoms with van der Waals surface area (Å²) in [5, 5.41) is 2.64. The number of hydrogen-bond acceptors (Lipinski definition) is 3. The van der Waals surface area contributed by atoms with Crippen LogP contribution in [0.2, 0.25) is 0 Å². The number of carbonyl (C=O) groups excluding carboxylic acids is 2. The predicted molar refractivity (Wildman–Crippen MR) is 75.7 cm³/mol. The number of hydrogen-bond donors (Lipinski definition) is 1. The highest BCUT2D eigenvalue weighted by Gasteiger charge is 2.31. The molecule has 0 spiro atoms. The Morgan fingerprint density at radius 3 is 2.55 bits per heavy atom. The molecule has 0 bridgehead atoms. The van der Waals surface area contributed by atoms with Gasteiger partial charge in [-0.05, 0) is 43.5 Å². The van der Waals surface area contributed by atoms with Gasteiger partial charge < -0.3 is 15.0 Å². The van der Waals surface area contributed by atoms with Gasteiger partial charge in [0.25, 0.3) is 5.91 Å². The maximum atomic E-state index is 12.5. The molecule has 108 valence electrons. The summed E-state index contributed by atoms with van der Waals surface area (Å²) in [6.07, 6.45) is 2.64. The van der Waals surface area contributed by atoms with Crippen molar-refractivity contribution in [3.05, 3.63) is 29.8 Å². The normalized spacial score (nSPS) is 18.5. The number of rotatable bonds is 3. The lowest BCUT2D eigenvalue weighted by Gasteiger charge is -2.34. The van der Waals surface area contributed by atoms with Crippen LogP contribution in [0.25, 0.3) is 0 Å². The molecule has 1 aliphatic rings. The summed E-state index contributed by atoms with van der Waals surface area (Å²) in [7, 11) is 3.19. The van der Waals surface area contributed by atoms with Gasteiger partial charge in [-0.25, -0.2) is 0 Å². The van der Waals surface area contributed by atoms with Crippen LogP contribution < -0.4 is 10.1 Å². The molecule has 1 fully saturated rings. The number of amides is 2. The Bertz CT molecular complexity index is 484. The smallest absolute Gasteiger partial charge is 0.254 e. The Hall–Kier alpha value is -2.04. The molecule has 1 aromatic carbocycles. The molecular formula is C15H20N2O3. The fourth-order valence-corrected chi connectivity index (χ4v) is 2.51. The Labute approximate surface area is 118 Å². The van der Waals surface area contributed by atoms with Crippen LogP contribution in [-0.2, 0) is 4.79 Å². The minimum atomic E-state index is -0.358. The third-order valence-electron chi connectivity index (χ3n) is 3.65. The second kappa shape index (κ2) is 6.41. The molecule has 2 rings (SSSR count). The second-order valence-corrected chi connectivity index (χ2v) is 4.85. The van der Waals surface area contributed by atoms with E-state index < -0.39 is 0 Å². The van der Waals surface area contributed by atoms with Gasteiger partial charge in [-0.2, -0.15) is 0 Å². The first-order chi connectivity index (χ1) is 9.67. The molecule has 5 nitrogen and oxygen atoms in total. The van der Waals surface area contributed by atoms with Crippen LogP contribution in [-0.4, -0.2) is 43.5 Å². The van der Waals surface area contributed by atoms with E-state index in [4.69, 9.17) is 4.74 Å². The molecule has 0 aliphatic carbocycles. The predicted octanol–water partition coefficient (Wildman–Crippen LogP) is 1.44. The molecule has 5 heteroatoms. The number of nitrogens with zero attached hydrogens (tertiary/aromatic N) is 1. The van der Waals surface area contributed by atoms with Crippen LogP contribution in [0.3, 0.4) is 0 Å². The molecule has 0 radical (unpaired) electrons. The maximum Gasteiger partial charge on any atom is 0.254 e. The summed E-state index contributed by atoms with van der Waals surface area (Å²) in [6.45, 7) is 0.628. The van der Waals surface area contributed by atoms with Crippen molar-refractivity contribution < 1.29 is 14.3 Å². The molecule has 2 amide bonds. The Kier molecular flexibility index (Phi) is 4.61. The third-order valence-corrected chi connectivity index (χ3v) is 3.65. The summed E-state index contributed by atoms with van der Waals surface area (Å²) in [6, 6.07) is 6.62. The summed E-state index contributed by atoms with van der Waals surface area (Å²) in [5.41, 5.74) is 0.585. The van der Waals surface area contributed by atoms with Crippen molar-refractivity contribution >= 4 is 11.8 Å². The van der Waals surface area contributed by atoms with Gasteiger partial charge >= 0.3 is 0 Å². The van der Waals surface area contributed by atoms with E-state index in [0.717, 1.165) is 19.3 Å². The lowest BCUT2D eigenvalue weighted by molar-refractivity contribution is -0.126. The summed E-state index contributed by atoms with van der Waals surface area (Å²) >= 11 is 0. The van der Waals surface area contributed by atoms with E-state index in [1.165, 1.54) is 0 Å². The molecule has 1 N–H and O–H groups in total. The van der Waals surface area contributed by atoms with Crippen molar-refractivity contribution in [1.82, 2.24) is 10.2 Å². The number of nitrogens with one attached hydrogen (secondary N) is 1. The lowest BCUT2D eigenvalue weighted by atomic mass is 10.00. The fraction of sp³-hybridized carbons (Fsp3) is 0.467. The number of methoxy groups -OCH3 is 1. The molecule has 0 unspecified atom stereocenters. The lowest BCUT2D eigenvalue weighted by Crippen LogP contribution is -2.51. The van der Waals surface area contributed by atoms with Crippen molar-refractivity contribution in [3.63, 3.8) is 0 Å². The van der Waals surface area contributed by atoms with Gasteiger partial charge in [0.05, 0.1) is 7.11 Å². The molecule has 1 saturated heterocycles. The molecule has 1 atom stereocenters. The van der Waals surface area contributed by atoms with Gasteiger partial charge in [-0.3, -0.25) is 9.59 Å². The van der Waals surface area contributed by atoms with Gasteiger partial charge in [0.15, 0.2) is 0 Å². The van der Waals surface area contributed by atoms with Gasteiger partial charge in [0.1, 0.15) is 11.8 Å². The second-order valence-electron chi connectivity index (χ2n) is 4.85. The topological polar surface area (TPSA) is 58.6 Å². The molecule has 20 heavy (non-hydrogen) atoms. The van der Waals surface area contributed by atoms with Crippen LogP contribution in [0.1, 0.15) is 29.6 Å². The van der Waals surface area contributed by atoms with Gasteiger partial charge in [-0.1, -0.05) is 0 Å². The van der Waals surface area contributed by atoms with E-state index in [2.05, 4.69) is 5.32 Å². The van der Waals surface area contributed by atoms with Crippen molar-refractivity contribution in [2.24, 2.45) is 0 Å². The standard InChI is InChI=1S/C15H20N2O3/c1-16-14(18)13-5-3-4-10-17(13)15(19)11-6-8-12(20-2)9-7-11/h6-9,13H,3-5,10H2,1-2H3,(H,16,18)/t13-/m0/s1. The number of carbonyl (C=O) groups is 2. The highest BCUT2D eigenvalue weighted by atomic mass is 16.5. The maximum absolute atomic E-state index is 12.5. The van der Waals surface area contributed by atoms with E-state index in [-0.39, 0.29) is 17.9 Å². The van der Waals surface area contributed by atoms with Crippen LogP contribution in [0.4, 0.5) is 0 Å². The van der Waals surface area contributed by atoms with E-state index >= 15 is 0 Å². The largest absolute Gasteiger partial charge is 0.497 e. The van der Waals surface area contributed by atoms with E-state index in [1.807, 2.05) is 0 Å². The Morgan fingerprint density at radius 1 is 1.25 bits per heavy atom. The zero-order valence-corrected chi connectivity index (χ0v) is 11.9. The van der Waals surface area contributed by atoms with Crippen molar-refractivity contribution in [3.8, 4) is 5.75 Å². The Morgan fingerprint density at radius 2 is 1.95 bits per heavy atom. The van der Waals surface area contributed by atoms with E-state index in [0.29, 0.717) is 17.9 Å². The van der Waals surface area contributed by atoms with Gasteiger partial charge in [0, 0.05) is 19.2 Å². The quantitative estimate of drug-likeness (QED) is 0.908. The summed E-state index contributed by atoms with van der Waals surface area (Å²) < 4.78 is 5.08. The number of piperidine rings is 1. The molecule has 0 saturated carbocycles. The van der Waals surface area contributed by atoms with Crippen LogP contribution in [0.5, 0.6) is 5.75 Å². The highest BCUT2D eigenvalue weighted by molar-refractivity contribution is 5.97. The SMILES string of the molecule is CNC(=O)[C@@H]1CCCCN1C(=O)c1ccc(OC)cc1. The minimum Gasteiger partial charge on any atom is -0.497 e. The van der Waals surface area contributed by atoms with Crippen molar-refractivity contribution in [2.75, 3.05) is 20.7 Å². The third kappa shape index (κ3) is 2.92. The zero-order chi connectivity index (χ0) is 14.5. The average molecular weight is 276 g/mol. The first kappa shape index (κ1) is 14.4. The van der Waals surface area contributed by atoms with E-state index in [9.17, 15) is 9.59 Å². The molecule has 0 aromatic heterocycles. The molecule has 1 heterocycles. The first-order valence-electron chi connectivity index (χ1n) is 6.84. The number of benzene rings is 1. The summed E-state index contributed by atoms with van der Waals surface area (Å²) in [5.74, 6) is 0.524. The molecular weight excluding hydrogens is 256 g/mol. The Balaban J connectivity index is 2.18. The van der Waals surface area contributed by atoms with Crippen molar-refractivity contribution in [2.45, 2.75) is 25.3 Å². The van der Waals surface area contributed by atoms with Crippen molar-refractivity contribution in [1.29, 1.82) is 0 Å². The van der Waals surface area contributed by atoms with Gasteiger partial charge in [0.2, 0.25) is 5.91 Å². The van der Waals surface area contributed by atoms with Crippen LogP contribution >= 0.6 is 0 Å². The van der Waals surface area contributed by atoms with E-state index in [1.54, 1.807) is 43.3 Å². The summed E-state index contributed by atoms with van der Waals surface area (Å²) in [4.78, 5) is 26.1. The van der Waals surface area contributed by atoms with Gasteiger partial charge in [-0.15, -0.1) is 0 Å². The monoisotopic (exact) mass is 276 g/mol. The average Bonchev–Trinajstić information content (AvgIpc) is 2.53. The minimum absolute atomic E-state index is 0.0911. The van der Waals surface area contributed by atoms with Crippen LogP contribution in [0.15, 0.2) is 24.3 Å². The molecule has 1 aliphatic heterocycles. The fourth-order valence-electron chi connectivity index (χ4n) is 2.51.